The van der Waals surface area contributed by atoms with E-state index in [-0.39, 0.29) is 23.8 Å². The van der Waals surface area contributed by atoms with Crippen LogP contribution >= 0.6 is 0 Å². The normalized spacial score (nSPS) is 22.9. The van der Waals surface area contributed by atoms with Gasteiger partial charge in [0.1, 0.15) is 5.56 Å². The molecule has 4 aliphatic rings. The third kappa shape index (κ3) is 2.31. The van der Waals surface area contributed by atoms with Gasteiger partial charge in [-0.3, -0.25) is 14.2 Å². The summed E-state index contributed by atoms with van der Waals surface area (Å²) in [6.07, 6.45) is 2.81. The maximum absolute atomic E-state index is 13.1. The Morgan fingerprint density at radius 1 is 1.15 bits per heavy atom. The molecule has 1 N–H and O–H groups in total. The fourth-order valence-corrected chi connectivity index (χ4v) is 3.96. The van der Waals surface area contributed by atoms with Crippen molar-refractivity contribution in [1.29, 1.82) is 0 Å². The minimum atomic E-state index is -0.305. The third-order valence-electron chi connectivity index (χ3n) is 5.36. The Morgan fingerprint density at radius 2 is 1.88 bits per heavy atom. The first-order valence-corrected chi connectivity index (χ1v) is 8.78. The lowest BCUT2D eigenvalue weighted by Crippen LogP contribution is -2.67. The van der Waals surface area contributed by atoms with Crippen LogP contribution in [0.25, 0.3) is 5.69 Å². The van der Waals surface area contributed by atoms with E-state index in [9.17, 15) is 9.59 Å². The van der Waals surface area contributed by atoms with E-state index in [0.717, 1.165) is 6.42 Å². The summed E-state index contributed by atoms with van der Waals surface area (Å²) in [5.41, 5.74) is 1.29. The van der Waals surface area contributed by atoms with Crippen LogP contribution in [0.1, 0.15) is 22.3 Å². The Bertz CT molecular complexity index is 952. The number of amides is 1. The molecule has 0 saturated carbocycles. The third-order valence-corrected chi connectivity index (χ3v) is 5.36. The van der Waals surface area contributed by atoms with E-state index in [1.54, 1.807) is 29.3 Å². The van der Waals surface area contributed by atoms with Crippen LogP contribution in [0, 0.1) is 6.92 Å². The zero-order chi connectivity index (χ0) is 17.8. The Hall–Kier alpha value is -2.80. The Kier molecular flexibility index (Phi) is 3.33. The van der Waals surface area contributed by atoms with E-state index in [0.29, 0.717) is 47.9 Å². The van der Waals surface area contributed by atoms with Gasteiger partial charge < -0.3 is 19.7 Å². The number of piperidine rings is 1. The van der Waals surface area contributed by atoms with E-state index in [4.69, 9.17) is 9.47 Å². The van der Waals surface area contributed by atoms with Gasteiger partial charge in [-0.1, -0.05) is 0 Å². The molecule has 2 atom stereocenters. The molecule has 2 aromatic rings. The van der Waals surface area contributed by atoms with Gasteiger partial charge in [-0.2, -0.15) is 0 Å². The molecule has 4 aliphatic heterocycles. The molecule has 0 aliphatic carbocycles. The van der Waals surface area contributed by atoms with Crippen molar-refractivity contribution in [2.75, 3.05) is 19.9 Å². The minimum absolute atomic E-state index is 0.177. The number of benzene rings is 1. The molecule has 0 spiro atoms. The number of nitrogens with zero attached hydrogens (tertiary/aromatic N) is 2. The number of carbonyl (C=O) groups is 1. The average Bonchev–Trinajstić information content (AvgIpc) is 3.09. The number of hydrogen-bond acceptors (Lipinski definition) is 5. The van der Waals surface area contributed by atoms with E-state index >= 15 is 0 Å². The number of pyridine rings is 1. The van der Waals surface area contributed by atoms with Crippen LogP contribution in [0.15, 0.2) is 35.3 Å². The summed E-state index contributed by atoms with van der Waals surface area (Å²) in [5.74, 6) is 1.08. The summed E-state index contributed by atoms with van der Waals surface area (Å²) in [6, 6.07) is 7.85. The molecular formula is C19H19N3O4. The van der Waals surface area contributed by atoms with Crippen molar-refractivity contribution in [2.24, 2.45) is 0 Å². The molecule has 3 fully saturated rings. The van der Waals surface area contributed by atoms with Crippen molar-refractivity contribution in [1.82, 2.24) is 14.8 Å². The molecule has 1 aromatic heterocycles. The fraction of sp³-hybridized carbons (Fsp3) is 0.368. The Labute approximate surface area is 150 Å². The fourth-order valence-electron chi connectivity index (χ4n) is 3.96. The predicted molar refractivity (Wildman–Crippen MR) is 94.1 cm³/mol. The van der Waals surface area contributed by atoms with E-state index < -0.39 is 0 Å². The summed E-state index contributed by atoms with van der Waals surface area (Å²) in [7, 11) is 0. The van der Waals surface area contributed by atoms with Gasteiger partial charge in [-0.05, 0) is 37.1 Å². The van der Waals surface area contributed by atoms with E-state index in [1.165, 1.54) is 4.57 Å². The SMILES string of the molecule is Cc1ccn(-c2ccc3c(c2)OCO3)c(=O)c1C(=O)N1CC2CC(C1)N2. The minimum Gasteiger partial charge on any atom is -0.454 e. The standard InChI is InChI=1S/C19H19N3O4/c1-11-4-5-22(14-2-3-15-16(7-14)26-10-25-15)19(24)17(11)18(23)21-8-12-6-13(9-21)20-12/h2-5,7,12-13,20H,6,8-10H2,1H3. The molecule has 1 amide bonds. The molecular weight excluding hydrogens is 334 g/mol. The van der Waals surface area contributed by atoms with Gasteiger partial charge in [0.25, 0.3) is 11.5 Å². The van der Waals surface area contributed by atoms with E-state index in [1.807, 2.05) is 13.0 Å². The van der Waals surface area contributed by atoms with Crippen LogP contribution in [-0.4, -0.2) is 47.3 Å². The van der Waals surface area contributed by atoms with Crippen LogP contribution in [0.2, 0.25) is 0 Å². The van der Waals surface area contributed by atoms with Gasteiger partial charge in [0.15, 0.2) is 11.5 Å². The van der Waals surface area contributed by atoms with Crippen LogP contribution in [0.4, 0.5) is 0 Å². The molecule has 134 valence electrons. The maximum atomic E-state index is 13.1. The van der Waals surface area contributed by atoms with Crippen LogP contribution < -0.4 is 20.3 Å². The molecule has 6 rings (SSSR count). The van der Waals surface area contributed by atoms with Crippen molar-refractivity contribution in [3.05, 3.63) is 51.9 Å². The number of ether oxygens (including phenoxy) is 2. The predicted octanol–water partition coefficient (Wildman–Crippen LogP) is 1.06. The highest BCUT2D eigenvalue weighted by atomic mass is 16.7. The highest BCUT2D eigenvalue weighted by Gasteiger charge is 2.39. The number of aromatic nitrogens is 1. The smallest absolute Gasteiger partial charge is 0.268 e. The second-order valence-electron chi connectivity index (χ2n) is 7.09. The number of fused-ring (bicyclic) bond motifs is 3. The topological polar surface area (TPSA) is 72.8 Å². The first-order chi connectivity index (χ1) is 12.6. The zero-order valence-corrected chi connectivity index (χ0v) is 14.4. The lowest BCUT2D eigenvalue weighted by atomic mass is 9.91. The molecule has 5 heterocycles. The first kappa shape index (κ1) is 15.5. The molecule has 1 aromatic carbocycles. The molecule has 3 saturated heterocycles. The van der Waals surface area contributed by atoms with Gasteiger partial charge in [-0.25, -0.2) is 0 Å². The summed E-state index contributed by atoms with van der Waals surface area (Å²) < 4.78 is 12.2. The number of aryl methyl sites for hydroxylation is 1. The molecule has 2 bridgehead atoms. The summed E-state index contributed by atoms with van der Waals surface area (Å²) >= 11 is 0. The van der Waals surface area contributed by atoms with E-state index in [2.05, 4.69) is 5.32 Å². The number of nitrogens with one attached hydrogen (secondary N) is 1. The van der Waals surface area contributed by atoms with Gasteiger partial charge >= 0.3 is 0 Å². The quantitative estimate of drug-likeness (QED) is 0.874. The summed E-state index contributed by atoms with van der Waals surface area (Å²) in [5, 5.41) is 3.40. The van der Waals surface area contributed by atoms with Crippen molar-refractivity contribution >= 4 is 5.91 Å². The number of hydrogen-bond donors (Lipinski definition) is 1. The highest BCUT2D eigenvalue weighted by Crippen LogP contribution is 2.33. The van der Waals surface area contributed by atoms with Crippen molar-refractivity contribution in [2.45, 2.75) is 25.4 Å². The molecule has 26 heavy (non-hydrogen) atoms. The summed E-state index contributed by atoms with van der Waals surface area (Å²) in [6.45, 7) is 3.30. The van der Waals surface area contributed by atoms with Gasteiger partial charge in [0, 0.05) is 37.4 Å². The molecule has 0 radical (unpaired) electrons. The summed E-state index contributed by atoms with van der Waals surface area (Å²) in [4.78, 5) is 27.9. The average molecular weight is 353 g/mol. The molecule has 7 nitrogen and oxygen atoms in total. The zero-order valence-electron chi connectivity index (χ0n) is 14.4. The van der Waals surface area contributed by atoms with Crippen molar-refractivity contribution in [3.63, 3.8) is 0 Å². The largest absolute Gasteiger partial charge is 0.454 e. The van der Waals surface area contributed by atoms with Crippen LogP contribution in [-0.2, 0) is 0 Å². The Morgan fingerprint density at radius 3 is 2.65 bits per heavy atom. The second-order valence-corrected chi connectivity index (χ2v) is 7.09. The second kappa shape index (κ2) is 5.60. The Balaban J connectivity index is 1.54. The maximum Gasteiger partial charge on any atom is 0.268 e. The van der Waals surface area contributed by atoms with Gasteiger partial charge in [-0.15, -0.1) is 0 Å². The number of carbonyl (C=O) groups excluding carboxylic acids is 1. The monoisotopic (exact) mass is 353 g/mol. The van der Waals surface area contributed by atoms with Crippen molar-refractivity contribution < 1.29 is 14.3 Å². The van der Waals surface area contributed by atoms with Gasteiger partial charge in [0.05, 0.1) is 5.69 Å². The lowest BCUT2D eigenvalue weighted by Gasteiger charge is -2.48. The van der Waals surface area contributed by atoms with Crippen LogP contribution in [0.5, 0.6) is 11.5 Å². The number of rotatable bonds is 2. The van der Waals surface area contributed by atoms with Gasteiger partial charge in [0.2, 0.25) is 6.79 Å². The number of piperazine rings is 1. The van der Waals surface area contributed by atoms with Crippen molar-refractivity contribution in [3.8, 4) is 17.2 Å². The molecule has 7 heteroatoms. The van der Waals surface area contributed by atoms with Crippen LogP contribution in [0.3, 0.4) is 0 Å². The first-order valence-electron chi connectivity index (χ1n) is 8.78. The lowest BCUT2D eigenvalue weighted by molar-refractivity contribution is 0.0471. The highest BCUT2D eigenvalue weighted by molar-refractivity contribution is 5.95. The molecule has 2 unspecified atom stereocenters.